The van der Waals surface area contributed by atoms with Crippen molar-refractivity contribution in [3.8, 4) is 5.75 Å². The SMILES string of the molecule is O=C(Nc1c(I)cc(C(F)(C(F)(F)F)C(F)(F)C(F)(F)F)cc1OC(F)F)c1cccc(N(OC(=O)C2CC2)C(=O)c2ccc(F)cc2)c1F. The number of hydrogen-bond acceptors (Lipinski definition) is 5. The van der Waals surface area contributed by atoms with Crippen LogP contribution in [0.5, 0.6) is 5.75 Å². The van der Waals surface area contributed by atoms with E-state index in [1.807, 2.05) is 0 Å². The molecule has 0 saturated heterocycles. The van der Waals surface area contributed by atoms with Crippen LogP contribution in [0.15, 0.2) is 54.6 Å². The van der Waals surface area contributed by atoms with Gasteiger partial charge in [-0.2, -0.15) is 43.9 Å². The molecule has 0 radical (unpaired) electrons. The topological polar surface area (TPSA) is 84.9 Å². The Bertz CT molecular complexity index is 1800. The van der Waals surface area contributed by atoms with Crippen LogP contribution in [0.2, 0.25) is 0 Å². The number of rotatable bonds is 9. The number of nitrogens with zero attached hydrogens (tertiary/aromatic N) is 1. The van der Waals surface area contributed by atoms with Crippen molar-refractivity contribution in [3.63, 3.8) is 0 Å². The highest BCUT2D eigenvalue weighted by atomic mass is 127. The average Bonchev–Trinajstić information content (AvgIpc) is 3.86. The van der Waals surface area contributed by atoms with E-state index >= 15 is 8.78 Å². The second-order valence-corrected chi connectivity index (χ2v) is 11.5. The number of alkyl halides is 11. The average molecular weight is 846 g/mol. The van der Waals surface area contributed by atoms with Crippen LogP contribution in [0.3, 0.4) is 0 Å². The number of ether oxygens (including phenoxy) is 1. The fourth-order valence-electron chi connectivity index (χ4n) is 4.24. The normalized spacial score (nSPS) is 14.9. The van der Waals surface area contributed by atoms with Crippen LogP contribution in [0.25, 0.3) is 0 Å². The highest BCUT2D eigenvalue weighted by molar-refractivity contribution is 14.1. The first-order valence-corrected chi connectivity index (χ1v) is 14.5. The highest BCUT2D eigenvalue weighted by Crippen LogP contribution is 2.59. The third-order valence-corrected chi connectivity index (χ3v) is 7.75. The molecule has 1 unspecified atom stereocenters. The van der Waals surface area contributed by atoms with Crippen LogP contribution in [-0.2, 0) is 15.3 Å². The van der Waals surface area contributed by atoms with E-state index in [9.17, 15) is 62.7 Å². The van der Waals surface area contributed by atoms with Crippen LogP contribution in [-0.4, -0.2) is 42.7 Å². The molecule has 1 fully saturated rings. The zero-order valence-corrected chi connectivity index (χ0v) is 26.2. The minimum Gasteiger partial charge on any atom is -0.433 e. The number of amides is 2. The van der Waals surface area contributed by atoms with Crippen LogP contribution < -0.4 is 15.1 Å². The fourth-order valence-corrected chi connectivity index (χ4v) is 4.97. The molecule has 4 rings (SSSR count). The molecule has 0 heterocycles. The van der Waals surface area contributed by atoms with Gasteiger partial charge in [-0.15, -0.1) is 5.06 Å². The molecular weight excluding hydrogens is 830 g/mol. The minimum atomic E-state index is -7.18. The predicted octanol–water partition coefficient (Wildman–Crippen LogP) is 8.86. The Morgan fingerprint density at radius 3 is 1.98 bits per heavy atom. The maximum absolute atomic E-state index is 15.9. The lowest BCUT2D eigenvalue weighted by Crippen LogP contribution is -2.59. The highest BCUT2D eigenvalue weighted by Gasteiger charge is 2.81. The van der Waals surface area contributed by atoms with Crippen LogP contribution in [0, 0.1) is 21.1 Å². The number of hydroxylamine groups is 1. The third kappa shape index (κ3) is 7.41. The van der Waals surface area contributed by atoms with Gasteiger partial charge in [0.1, 0.15) is 11.5 Å². The van der Waals surface area contributed by atoms with E-state index in [1.165, 1.54) is 0 Å². The van der Waals surface area contributed by atoms with Gasteiger partial charge in [-0.3, -0.25) is 9.59 Å². The lowest BCUT2D eigenvalue weighted by atomic mass is 9.87. The van der Waals surface area contributed by atoms with Gasteiger partial charge in [0.25, 0.3) is 11.8 Å². The summed E-state index contributed by atoms with van der Waals surface area (Å²) in [4.78, 5) is 43.9. The van der Waals surface area contributed by atoms with Gasteiger partial charge in [-0.25, -0.2) is 18.0 Å². The van der Waals surface area contributed by atoms with Gasteiger partial charge in [-0.1, -0.05) is 6.07 Å². The summed E-state index contributed by atoms with van der Waals surface area (Å²) in [6, 6.07) is 5.15. The van der Waals surface area contributed by atoms with E-state index in [-0.39, 0.29) is 16.7 Å². The standard InChI is InChI=1S/C29H16F13IN2O5/c30-15-8-6-12(7-9-15)23(47)45(50-24(48)13-4-5-13)18-3-1-2-16(20(18)31)22(46)44-21-17(43)10-14(11-19(21)49-25(32)33)26(34,28(37,38)39)27(35,36)29(40,41)42/h1-3,6-11,13,25H,4-5H2,(H,44,46). The van der Waals surface area contributed by atoms with Crippen molar-refractivity contribution in [2.75, 3.05) is 10.4 Å². The van der Waals surface area contributed by atoms with E-state index < -0.39 is 104 Å². The van der Waals surface area contributed by atoms with E-state index in [1.54, 1.807) is 5.32 Å². The molecule has 1 atom stereocenters. The van der Waals surface area contributed by atoms with Gasteiger partial charge in [0.15, 0.2) is 11.6 Å². The van der Waals surface area contributed by atoms with Crippen molar-refractivity contribution >= 4 is 51.7 Å². The molecule has 0 spiro atoms. The molecule has 3 aromatic carbocycles. The van der Waals surface area contributed by atoms with Gasteiger partial charge >= 0.3 is 36.5 Å². The molecule has 50 heavy (non-hydrogen) atoms. The lowest BCUT2D eigenvalue weighted by Gasteiger charge is -2.36. The zero-order valence-electron chi connectivity index (χ0n) is 24.0. The number of anilines is 2. The van der Waals surface area contributed by atoms with E-state index in [0.717, 1.165) is 59.0 Å². The molecule has 1 N–H and O–H groups in total. The number of benzene rings is 3. The molecule has 1 aliphatic carbocycles. The second kappa shape index (κ2) is 13.8. The molecule has 0 bridgehead atoms. The Balaban J connectivity index is 1.79. The first-order valence-electron chi connectivity index (χ1n) is 13.4. The Labute approximate surface area is 284 Å². The van der Waals surface area contributed by atoms with Gasteiger partial charge < -0.3 is 14.9 Å². The van der Waals surface area contributed by atoms with E-state index in [4.69, 9.17) is 4.84 Å². The molecular formula is C29H16F13IN2O5. The third-order valence-electron chi connectivity index (χ3n) is 6.90. The number of nitrogens with one attached hydrogen (secondary N) is 1. The second-order valence-electron chi connectivity index (χ2n) is 10.3. The molecule has 270 valence electrons. The summed E-state index contributed by atoms with van der Waals surface area (Å²) in [6.07, 6.45) is -13.5. The molecule has 0 aromatic heterocycles. The van der Waals surface area contributed by atoms with Crippen molar-refractivity contribution in [2.24, 2.45) is 5.92 Å². The number of hydrogen-bond donors (Lipinski definition) is 1. The van der Waals surface area contributed by atoms with Gasteiger partial charge in [0.2, 0.25) is 0 Å². The molecule has 0 aliphatic heterocycles. The van der Waals surface area contributed by atoms with E-state index in [2.05, 4.69) is 4.74 Å². The Kier molecular flexibility index (Phi) is 10.6. The fraction of sp³-hybridized carbons (Fsp3) is 0.276. The molecule has 7 nitrogen and oxygen atoms in total. The molecule has 1 aliphatic rings. The first kappa shape index (κ1) is 38.5. The zero-order chi connectivity index (χ0) is 37.6. The first-order chi connectivity index (χ1) is 23.0. The maximum atomic E-state index is 15.9. The predicted molar refractivity (Wildman–Crippen MR) is 152 cm³/mol. The molecule has 3 aromatic rings. The molecule has 1 saturated carbocycles. The van der Waals surface area contributed by atoms with Gasteiger partial charge in [0.05, 0.1) is 17.2 Å². The van der Waals surface area contributed by atoms with E-state index in [0.29, 0.717) is 18.9 Å². The van der Waals surface area contributed by atoms with Crippen molar-refractivity contribution < 1.29 is 81.0 Å². The van der Waals surface area contributed by atoms with Gasteiger partial charge in [-0.05, 0) is 84.0 Å². The van der Waals surface area contributed by atoms with Gasteiger partial charge in [0, 0.05) is 14.7 Å². The Morgan fingerprint density at radius 2 is 1.46 bits per heavy atom. The van der Waals surface area contributed by atoms with Crippen molar-refractivity contribution in [1.29, 1.82) is 0 Å². The summed E-state index contributed by atoms with van der Waals surface area (Å²) in [5.41, 5.74) is -12.6. The summed E-state index contributed by atoms with van der Waals surface area (Å²) >= 11 is 0.866. The Morgan fingerprint density at radius 1 is 0.860 bits per heavy atom. The summed E-state index contributed by atoms with van der Waals surface area (Å²) in [7, 11) is 0. The quantitative estimate of drug-likeness (QED) is 0.132. The summed E-state index contributed by atoms with van der Waals surface area (Å²) in [5.74, 6) is -16.0. The minimum absolute atomic E-state index is 0.128. The summed E-state index contributed by atoms with van der Waals surface area (Å²) in [5, 5.41) is 1.85. The lowest BCUT2D eigenvalue weighted by molar-refractivity contribution is -0.389. The maximum Gasteiger partial charge on any atom is 0.457 e. The van der Waals surface area contributed by atoms with Crippen molar-refractivity contribution in [1.82, 2.24) is 0 Å². The van der Waals surface area contributed by atoms with Crippen LogP contribution >= 0.6 is 22.6 Å². The monoisotopic (exact) mass is 846 g/mol. The number of carbonyl (C=O) groups is 3. The Hall–Kier alpha value is -4.31. The number of carbonyl (C=O) groups excluding carboxylic acids is 3. The summed E-state index contributed by atoms with van der Waals surface area (Å²) in [6.45, 7) is -4.05. The van der Waals surface area contributed by atoms with Crippen LogP contribution in [0.1, 0.15) is 39.1 Å². The van der Waals surface area contributed by atoms with Crippen LogP contribution in [0.4, 0.5) is 68.5 Å². The van der Waals surface area contributed by atoms with Crippen molar-refractivity contribution in [3.05, 3.63) is 86.5 Å². The summed E-state index contributed by atoms with van der Waals surface area (Å²) < 4.78 is 182. The number of halogens is 14. The van der Waals surface area contributed by atoms with Crippen molar-refractivity contribution in [2.45, 2.75) is 43.4 Å². The molecule has 2 amide bonds. The largest absolute Gasteiger partial charge is 0.457 e. The molecule has 21 heteroatoms. The smallest absolute Gasteiger partial charge is 0.433 e.